The van der Waals surface area contributed by atoms with Gasteiger partial charge >= 0.3 is 0 Å². The average molecular weight is 332 g/mol. The van der Waals surface area contributed by atoms with E-state index in [9.17, 15) is 4.79 Å². The van der Waals surface area contributed by atoms with Gasteiger partial charge in [-0.1, -0.05) is 42.5 Å². The Morgan fingerprint density at radius 3 is 2.64 bits per heavy atom. The van der Waals surface area contributed by atoms with Crippen molar-refractivity contribution in [1.82, 2.24) is 10.3 Å². The van der Waals surface area contributed by atoms with E-state index in [1.165, 1.54) is 0 Å². The molecule has 0 saturated heterocycles. The zero-order valence-electron chi connectivity index (χ0n) is 14.1. The average Bonchev–Trinajstić information content (AvgIpc) is 2.65. The Hall–Kier alpha value is -3.14. The second-order valence-electron chi connectivity index (χ2n) is 5.86. The fourth-order valence-electron chi connectivity index (χ4n) is 2.47. The van der Waals surface area contributed by atoms with Gasteiger partial charge in [0.15, 0.2) is 0 Å². The molecule has 0 unspecified atom stereocenters. The topological polar surface area (TPSA) is 51.2 Å². The van der Waals surface area contributed by atoms with Gasteiger partial charge in [-0.3, -0.25) is 9.78 Å². The summed E-state index contributed by atoms with van der Waals surface area (Å²) in [7, 11) is 0. The number of rotatable bonds is 6. The second kappa shape index (κ2) is 8.11. The zero-order valence-corrected chi connectivity index (χ0v) is 14.1. The highest BCUT2D eigenvalue weighted by molar-refractivity contribution is 5.94. The lowest BCUT2D eigenvalue weighted by Crippen LogP contribution is -2.22. The molecule has 0 aliphatic carbocycles. The molecule has 1 heterocycles. The van der Waals surface area contributed by atoms with Crippen molar-refractivity contribution < 1.29 is 9.53 Å². The maximum atomic E-state index is 12.3. The molecule has 3 rings (SSSR count). The summed E-state index contributed by atoms with van der Waals surface area (Å²) in [6, 6.07) is 19.1. The second-order valence-corrected chi connectivity index (χ2v) is 5.86. The molecule has 4 nitrogen and oxygen atoms in total. The molecule has 126 valence electrons. The third-order valence-electron chi connectivity index (χ3n) is 3.73. The Kier molecular flexibility index (Phi) is 5.42. The molecule has 3 aromatic rings. The number of hydrogen-bond donors (Lipinski definition) is 1. The normalized spacial score (nSPS) is 10.3. The van der Waals surface area contributed by atoms with Gasteiger partial charge in [0.1, 0.15) is 12.4 Å². The monoisotopic (exact) mass is 332 g/mol. The number of ether oxygens (including phenoxy) is 1. The van der Waals surface area contributed by atoms with Crippen molar-refractivity contribution in [1.29, 1.82) is 0 Å². The van der Waals surface area contributed by atoms with Crippen LogP contribution < -0.4 is 10.1 Å². The highest BCUT2D eigenvalue weighted by Crippen LogP contribution is 2.15. The van der Waals surface area contributed by atoms with Gasteiger partial charge in [-0.05, 0) is 41.8 Å². The summed E-state index contributed by atoms with van der Waals surface area (Å²) in [5.74, 6) is 0.542. The van der Waals surface area contributed by atoms with Crippen LogP contribution in [0.15, 0.2) is 73.1 Å². The first-order valence-corrected chi connectivity index (χ1v) is 8.16. The number of aryl methyl sites for hydroxylation is 1. The van der Waals surface area contributed by atoms with Crippen molar-refractivity contribution >= 4 is 5.91 Å². The van der Waals surface area contributed by atoms with Crippen LogP contribution in [0.5, 0.6) is 5.75 Å². The van der Waals surface area contributed by atoms with E-state index < -0.39 is 0 Å². The Bertz CT molecular complexity index is 847. The fourth-order valence-corrected chi connectivity index (χ4v) is 2.47. The lowest BCUT2D eigenvalue weighted by atomic mass is 10.2. The van der Waals surface area contributed by atoms with Crippen LogP contribution in [0.4, 0.5) is 0 Å². The number of nitrogens with zero attached hydrogens (tertiary/aromatic N) is 1. The standard InChI is InChI=1S/C21H20N2O2/c1-16-10-18(13-22-12-16)14-23-21(24)19-8-5-9-20(11-19)25-15-17-6-3-2-4-7-17/h2-13H,14-15H2,1H3,(H,23,24). The van der Waals surface area contributed by atoms with E-state index in [2.05, 4.69) is 10.3 Å². The molecule has 0 radical (unpaired) electrons. The molecule has 1 N–H and O–H groups in total. The van der Waals surface area contributed by atoms with Crippen LogP contribution in [0.1, 0.15) is 27.0 Å². The summed E-state index contributed by atoms with van der Waals surface area (Å²) in [4.78, 5) is 16.5. The fraction of sp³-hybridized carbons (Fsp3) is 0.143. The van der Waals surface area contributed by atoms with Gasteiger partial charge in [-0.2, -0.15) is 0 Å². The molecule has 0 aliphatic heterocycles. The number of hydrogen-bond acceptors (Lipinski definition) is 3. The number of pyridine rings is 1. The molecule has 1 aromatic heterocycles. The quantitative estimate of drug-likeness (QED) is 0.745. The molecular weight excluding hydrogens is 312 g/mol. The smallest absolute Gasteiger partial charge is 0.251 e. The number of nitrogens with one attached hydrogen (secondary N) is 1. The largest absolute Gasteiger partial charge is 0.489 e. The van der Waals surface area contributed by atoms with Gasteiger partial charge in [0.2, 0.25) is 0 Å². The first-order valence-electron chi connectivity index (χ1n) is 8.16. The summed E-state index contributed by atoms with van der Waals surface area (Å²) in [6.07, 6.45) is 3.55. The molecule has 0 atom stereocenters. The minimum Gasteiger partial charge on any atom is -0.489 e. The summed E-state index contributed by atoms with van der Waals surface area (Å²) in [5, 5.41) is 2.91. The van der Waals surface area contributed by atoms with Crippen LogP contribution in [-0.2, 0) is 13.2 Å². The van der Waals surface area contributed by atoms with Crippen molar-refractivity contribution in [3.63, 3.8) is 0 Å². The molecule has 1 amide bonds. The van der Waals surface area contributed by atoms with Crippen molar-refractivity contribution in [2.45, 2.75) is 20.1 Å². The predicted molar refractivity (Wildman–Crippen MR) is 97.4 cm³/mol. The number of benzene rings is 2. The van der Waals surface area contributed by atoms with E-state index in [1.54, 1.807) is 24.5 Å². The number of carbonyl (C=O) groups is 1. The maximum absolute atomic E-state index is 12.3. The summed E-state index contributed by atoms with van der Waals surface area (Å²) in [5.41, 5.74) is 3.71. The summed E-state index contributed by atoms with van der Waals surface area (Å²) >= 11 is 0. The first kappa shape index (κ1) is 16.7. The Labute approximate surface area is 147 Å². The summed E-state index contributed by atoms with van der Waals surface area (Å²) < 4.78 is 5.77. The van der Waals surface area contributed by atoms with Gasteiger partial charge in [-0.15, -0.1) is 0 Å². The molecule has 4 heteroatoms. The molecule has 25 heavy (non-hydrogen) atoms. The van der Waals surface area contributed by atoms with E-state index in [0.717, 1.165) is 16.7 Å². The minimum atomic E-state index is -0.133. The van der Waals surface area contributed by atoms with Crippen molar-refractivity contribution in [2.24, 2.45) is 0 Å². The molecule has 0 aliphatic rings. The van der Waals surface area contributed by atoms with Crippen LogP contribution in [0.2, 0.25) is 0 Å². The Morgan fingerprint density at radius 1 is 1.00 bits per heavy atom. The Balaban J connectivity index is 1.59. The van der Waals surface area contributed by atoms with Crippen LogP contribution in [0, 0.1) is 6.92 Å². The molecule has 0 spiro atoms. The van der Waals surface area contributed by atoms with E-state index in [-0.39, 0.29) is 5.91 Å². The predicted octanol–water partition coefficient (Wildman–Crippen LogP) is 3.90. The molecule has 0 fully saturated rings. The molecular formula is C21H20N2O2. The lowest BCUT2D eigenvalue weighted by molar-refractivity contribution is 0.0950. The van der Waals surface area contributed by atoms with E-state index in [0.29, 0.717) is 24.5 Å². The maximum Gasteiger partial charge on any atom is 0.251 e. The first-order chi connectivity index (χ1) is 12.2. The highest BCUT2D eigenvalue weighted by Gasteiger charge is 2.07. The van der Waals surface area contributed by atoms with E-state index in [4.69, 9.17) is 4.74 Å². The van der Waals surface area contributed by atoms with Gasteiger partial charge in [0, 0.05) is 24.5 Å². The van der Waals surface area contributed by atoms with E-state index >= 15 is 0 Å². The minimum absolute atomic E-state index is 0.133. The zero-order chi connectivity index (χ0) is 17.5. The van der Waals surface area contributed by atoms with Gasteiger partial charge in [0.05, 0.1) is 0 Å². The third-order valence-corrected chi connectivity index (χ3v) is 3.73. The molecule has 0 bridgehead atoms. The lowest BCUT2D eigenvalue weighted by Gasteiger charge is -2.09. The van der Waals surface area contributed by atoms with Crippen LogP contribution in [-0.4, -0.2) is 10.9 Å². The molecule has 2 aromatic carbocycles. The van der Waals surface area contributed by atoms with Crippen molar-refractivity contribution in [3.8, 4) is 5.75 Å². The van der Waals surface area contributed by atoms with Gasteiger partial charge in [0.25, 0.3) is 5.91 Å². The van der Waals surface area contributed by atoms with Crippen molar-refractivity contribution in [3.05, 3.63) is 95.3 Å². The number of carbonyl (C=O) groups excluding carboxylic acids is 1. The number of aromatic nitrogens is 1. The number of amides is 1. The van der Waals surface area contributed by atoms with E-state index in [1.807, 2.05) is 55.5 Å². The van der Waals surface area contributed by atoms with Crippen molar-refractivity contribution in [2.75, 3.05) is 0 Å². The highest BCUT2D eigenvalue weighted by atomic mass is 16.5. The van der Waals surface area contributed by atoms with Gasteiger partial charge in [-0.25, -0.2) is 0 Å². The molecule has 0 saturated carbocycles. The van der Waals surface area contributed by atoms with Gasteiger partial charge < -0.3 is 10.1 Å². The summed E-state index contributed by atoms with van der Waals surface area (Å²) in [6.45, 7) is 2.90. The third kappa shape index (κ3) is 4.91. The SMILES string of the molecule is Cc1cncc(CNC(=O)c2cccc(OCc3ccccc3)c2)c1. The van der Waals surface area contributed by atoms with Crippen LogP contribution in [0.25, 0.3) is 0 Å². The van der Waals surface area contributed by atoms with Crippen LogP contribution >= 0.6 is 0 Å². The Morgan fingerprint density at radius 2 is 1.84 bits per heavy atom. The van der Waals surface area contributed by atoms with Crippen LogP contribution in [0.3, 0.4) is 0 Å².